The van der Waals surface area contributed by atoms with E-state index in [-0.39, 0.29) is 4.90 Å². The van der Waals surface area contributed by atoms with E-state index in [2.05, 4.69) is 24.0 Å². The molecule has 2 rings (SSSR count). The highest BCUT2D eigenvalue weighted by atomic mass is 32.2. The van der Waals surface area contributed by atoms with E-state index in [1.54, 1.807) is 30.3 Å². The van der Waals surface area contributed by atoms with Crippen molar-refractivity contribution in [1.29, 1.82) is 0 Å². The Balaban J connectivity index is 1.75. The van der Waals surface area contributed by atoms with Crippen molar-refractivity contribution in [2.45, 2.75) is 17.9 Å². The lowest BCUT2D eigenvalue weighted by Gasteiger charge is -2.06. The number of sulfonamides is 1. The molecular formula is C18H23N2O3S+. The zero-order valence-corrected chi connectivity index (χ0v) is 14.3. The van der Waals surface area contributed by atoms with Gasteiger partial charge in [-0.3, -0.25) is 0 Å². The molecule has 128 valence electrons. The molecule has 0 aliphatic carbocycles. The maximum atomic E-state index is 11.2. The Hall–Kier alpha value is -2.15. The summed E-state index contributed by atoms with van der Waals surface area (Å²) in [7, 11) is -3.61. The molecule has 6 heteroatoms. The van der Waals surface area contributed by atoms with Crippen molar-refractivity contribution in [2.24, 2.45) is 5.14 Å². The van der Waals surface area contributed by atoms with Gasteiger partial charge in [-0.15, -0.1) is 0 Å². The molecule has 2 aromatic carbocycles. The molecule has 0 spiro atoms. The first-order chi connectivity index (χ1) is 11.5. The Labute approximate surface area is 143 Å². The number of ether oxygens (including phenoxy) is 1. The summed E-state index contributed by atoms with van der Waals surface area (Å²) in [4.78, 5) is 0.147. The molecule has 4 N–H and O–H groups in total. The van der Waals surface area contributed by atoms with Crippen LogP contribution in [0.25, 0.3) is 0 Å². The number of hydrogen-bond acceptors (Lipinski definition) is 3. The van der Waals surface area contributed by atoms with Crippen LogP contribution in [0, 0.1) is 0 Å². The number of hydrogen-bond donors (Lipinski definition) is 2. The molecular weight excluding hydrogens is 324 g/mol. The maximum absolute atomic E-state index is 11.2. The smallest absolute Gasteiger partial charge is 0.238 e. The average molecular weight is 347 g/mol. The molecule has 24 heavy (non-hydrogen) atoms. The molecule has 0 aromatic heterocycles. The fraction of sp³-hybridized carbons (Fsp3) is 0.222. The topological polar surface area (TPSA) is 86.0 Å². The molecule has 0 saturated carbocycles. The molecule has 0 bridgehead atoms. The van der Waals surface area contributed by atoms with Gasteiger partial charge in [0.15, 0.2) is 0 Å². The molecule has 0 amide bonds. The van der Waals surface area contributed by atoms with Crippen LogP contribution in [0.3, 0.4) is 0 Å². The molecule has 0 fully saturated rings. The summed E-state index contributed by atoms with van der Waals surface area (Å²) < 4.78 is 27.8. The standard InChI is InChI=1S/C18H22N2O3S/c1-2-13-23-17-7-3-16(4-8-17)14-20-12-11-15-5-9-18(10-6-15)24(19,21)22/h2-10,20H,1,11-14H2,(H2,19,21,22)/p+1. The Bertz CT molecular complexity index is 754. The van der Waals surface area contributed by atoms with Gasteiger partial charge >= 0.3 is 0 Å². The van der Waals surface area contributed by atoms with Crippen molar-refractivity contribution in [3.63, 3.8) is 0 Å². The Morgan fingerprint density at radius 1 is 1.04 bits per heavy atom. The van der Waals surface area contributed by atoms with E-state index in [0.717, 1.165) is 30.8 Å². The van der Waals surface area contributed by atoms with Gasteiger partial charge in [-0.2, -0.15) is 0 Å². The first-order valence-electron chi connectivity index (χ1n) is 7.75. The van der Waals surface area contributed by atoms with Crippen LogP contribution in [-0.2, 0) is 23.0 Å². The SMILES string of the molecule is C=CCOc1ccc(C[NH2+]CCc2ccc(S(N)(=O)=O)cc2)cc1. The highest BCUT2D eigenvalue weighted by molar-refractivity contribution is 7.89. The van der Waals surface area contributed by atoms with Gasteiger partial charge < -0.3 is 10.1 Å². The van der Waals surface area contributed by atoms with Gasteiger partial charge in [0.05, 0.1) is 11.4 Å². The molecule has 0 heterocycles. The summed E-state index contributed by atoms with van der Waals surface area (Å²) in [6, 6.07) is 14.7. The number of benzene rings is 2. The van der Waals surface area contributed by atoms with Gasteiger partial charge in [0.2, 0.25) is 10.0 Å². The summed E-state index contributed by atoms with van der Waals surface area (Å²) in [5.41, 5.74) is 2.32. The molecule has 0 radical (unpaired) electrons. The van der Waals surface area contributed by atoms with Crippen LogP contribution < -0.4 is 15.2 Å². The van der Waals surface area contributed by atoms with Crippen molar-refractivity contribution < 1.29 is 18.5 Å². The lowest BCUT2D eigenvalue weighted by Crippen LogP contribution is -2.83. The van der Waals surface area contributed by atoms with Crippen molar-refractivity contribution in [1.82, 2.24) is 0 Å². The van der Waals surface area contributed by atoms with Crippen LogP contribution in [0.4, 0.5) is 0 Å². The van der Waals surface area contributed by atoms with Gasteiger partial charge in [-0.25, -0.2) is 13.6 Å². The lowest BCUT2D eigenvalue weighted by atomic mass is 10.1. The number of primary sulfonamides is 1. The van der Waals surface area contributed by atoms with Crippen molar-refractivity contribution in [3.8, 4) is 5.75 Å². The first-order valence-corrected chi connectivity index (χ1v) is 9.30. The Kier molecular flexibility index (Phi) is 6.54. The van der Waals surface area contributed by atoms with Gasteiger partial charge in [-0.05, 0) is 42.0 Å². The van der Waals surface area contributed by atoms with Crippen LogP contribution in [0.2, 0.25) is 0 Å². The zero-order valence-electron chi connectivity index (χ0n) is 13.5. The molecule has 5 nitrogen and oxygen atoms in total. The number of rotatable bonds is 9. The first kappa shape index (κ1) is 18.2. The normalized spacial score (nSPS) is 11.2. The van der Waals surface area contributed by atoms with Crippen molar-refractivity contribution in [3.05, 3.63) is 72.3 Å². The Morgan fingerprint density at radius 3 is 2.25 bits per heavy atom. The van der Waals surface area contributed by atoms with Gasteiger partial charge in [-0.1, -0.05) is 24.8 Å². The van der Waals surface area contributed by atoms with E-state index in [4.69, 9.17) is 9.88 Å². The second-order valence-electron chi connectivity index (χ2n) is 5.46. The number of quaternary nitrogens is 1. The summed E-state index contributed by atoms with van der Waals surface area (Å²) in [5, 5.41) is 7.30. The monoisotopic (exact) mass is 347 g/mol. The molecule has 0 unspecified atom stereocenters. The minimum atomic E-state index is -3.61. The predicted octanol–water partition coefficient (Wildman–Crippen LogP) is 1.20. The highest BCUT2D eigenvalue weighted by Crippen LogP contribution is 2.11. The van der Waals surface area contributed by atoms with Crippen LogP contribution >= 0.6 is 0 Å². The summed E-state index contributed by atoms with van der Waals surface area (Å²) >= 11 is 0. The van der Waals surface area contributed by atoms with E-state index in [1.807, 2.05) is 12.1 Å². The fourth-order valence-corrected chi connectivity index (χ4v) is 2.78. The van der Waals surface area contributed by atoms with Gasteiger partial charge in [0.25, 0.3) is 0 Å². The third-order valence-corrected chi connectivity index (χ3v) is 4.49. The van der Waals surface area contributed by atoms with Crippen LogP contribution in [0.15, 0.2) is 66.1 Å². The van der Waals surface area contributed by atoms with E-state index < -0.39 is 10.0 Å². The Morgan fingerprint density at radius 2 is 1.67 bits per heavy atom. The molecule has 2 aromatic rings. The van der Waals surface area contributed by atoms with E-state index in [9.17, 15) is 8.42 Å². The van der Waals surface area contributed by atoms with Gasteiger partial charge in [0.1, 0.15) is 18.9 Å². The lowest BCUT2D eigenvalue weighted by molar-refractivity contribution is -0.670. The molecule has 0 aliphatic rings. The quantitative estimate of drug-likeness (QED) is 0.528. The largest absolute Gasteiger partial charge is 0.490 e. The summed E-state index contributed by atoms with van der Waals surface area (Å²) in [6.45, 7) is 5.93. The second kappa shape index (κ2) is 8.63. The predicted molar refractivity (Wildman–Crippen MR) is 94.1 cm³/mol. The maximum Gasteiger partial charge on any atom is 0.238 e. The van der Waals surface area contributed by atoms with E-state index in [1.165, 1.54) is 5.56 Å². The number of nitrogens with two attached hydrogens (primary N) is 2. The van der Waals surface area contributed by atoms with Crippen LogP contribution in [-0.4, -0.2) is 21.6 Å². The molecule has 0 atom stereocenters. The average Bonchev–Trinajstić information content (AvgIpc) is 2.57. The van der Waals surface area contributed by atoms with Crippen LogP contribution in [0.1, 0.15) is 11.1 Å². The second-order valence-corrected chi connectivity index (χ2v) is 7.03. The third-order valence-electron chi connectivity index (χ3n) is 3.56. The van der Waals surface area contributed by atoms with Gasteiger partial charge in [0, 0.05) is 12.0 Å². The minimum Gasteiger partial charge on any atom is -0.490 e. The van der Waals surface area contributed by atoms with Crippen molar-refractivity contribution in [2.75, 3.05) is 13.2 Å². The van der Waals surface area contributed by atoms with Crippen molar-refractivity contribution >= 4 is 10.0 Å². The summed E-state index contributed by atoms with van der Waals surface area (Å²) in [6.07, 6.45) is 2.59. The zero-order chi connectivity index (χ0) is 17.4. The molecule has 0 aliphatic heterocycles. The molecule has 0 saturated heterocycles. The minimum absolute atomic E-state index is 0.147. The van der Waals surface area contributed by atoms with Crippen LogP contribution in [0.5, 0.6) is 5.75 Å². The highest BCUT2D eigenvalue weighted by Gasteiger charge is 2.06. The summed E-state index contributed by atoms with van der Waals surface area (Å²) in [5.74, 6) is 0.841. The fourth-order valence-electron chi connectivity index (χ4n) is 2.26. The van der Waals surface area contributed by atoms with E-state index in [0.29, 0.717) is 6.61 Å². The third kappa shape index (κ3) is 5.81. The van der Waals surface area contributed by atoms with E-state index >= 15 is 0 Å².